The second-order valence-electron chi connectivity index (χ2n) is 5.32. The van der Waals surface area contributed by atoms with Crippen molar-refractivity contribution in [2.24, 2.45) is 11.8 Å². The summed E-state index contributed by atoms with van der Waals surface area (Å²) in [4.78, 5) is 35.9. The highest BCUT2D eigenvalue weighted by Crippen LogP contribution is 2.41. The molecule has 4 atom stereocenters. The fourth-order valence-corrected chi connectivity index (χ4v) is 3.19. The molecular weight excluding hydrogens is 288 g/mol. The topological polar surface area (TPSA) is 93.7 Å². The summed E-state index contributed by atoms with van der Waals surface area (Å²) >= 11 is 0. The first-order chi connectivity index (χ1) is 10.6. The summed E-state index contributed by atoms with van der Waals surface area (Å²) in [6, 6.07) is 5.91. The fraction of sp³-hybridized carbons (Fsp3) is 0.400. The number of methoxy groups -OCH3 is 2. The van der Waals surface area contributed by atoms with Crippen molar-refractivity contribution < 1.29 is 23.9 Å². The molecule has 0 unspecified atom stereocenters. The Balaban J connectivity index is 1.95. The molecule has 2 aliphatic heterocycles. The number of nitrogens with one attached hydrogen (secondary N) is 2. The van der Waals surface area contributed by atoms with Crippen molar-refractivity contribution in [1.82, 2.24) is 10.6 Å². The summed E-state index contributed by atoms with van der Waals surface area (Å²) in [7, 11) is 2.82. The van der Waals surface area contributed by atoms with E-state index in [-0.39, 0.29) is 5.91 Å². The van der Waals surface area contributed by atoms with Gasteiger partial charge in [-0.25, -0.2) is 0 Å². The Labute approximate surface area is 127 Å². The number of benzene rings is 1. The molecule has 116 valence electrons. The number of amides is 2. The second-order valence-corrected chi connectivity index (χ2v) is 5.32. The Kier molecular flexibility index (Phi) is 3.58. The molecule has 7 heteroatoms. The van der Waals surface area contributed by atoms with Crippen LogP contribution in [0.2, 0.25) is 0 Å². The van der Waals surface area contributed by atoms with E-state index in [1.807, 2.05) is 12.1 Å². The lowest BCUT2D eigenvalue weighted by molar-refractivity contribution is -0.145. The van der Waals surface area contributed by atoms with Gasteiger partial charge in [0.05, 0.1) is 26.1 Å². The van der Waals surface area contributed by atoms with Crippen LogP contribution in [0.4, 0.5) is 0 Å². The Morgan fingerprint density at radius 1 is 1.05 bits per heavy atom. The number of carbonyl (C=O) groups excluding carboxylic acids is 3. The number of hydrogen-bond donors (Lipinski definition) is 2. The van der Waals surface area contributed by atoms with Gasteiger partial charge in [-0.3, -0.25) is 25.0 Å². The lowest BCUT2D eigenvalue weighted by Gasteiger charge is -2.17. The number of ether oxygens (including phenoxy) is 2. The van der Waals surface area contributed by atoms with Crippen molar-refractivity contribution in [1.29, 1.82) is 0 Å². The van der Waals surface area contributed by atoms with Crippen molar-refractivity contribution >= 4 is 17.8 Å². The molecule has 1 aromatic rings. The number of hydrogen-bond acceptors (Lipinski definition) is 6. The Morgan fingerprint density at radius 2 is 1.68 bits per heavy atom. The average molecular weight is 304 g/mol. The van der Waals surface area contributed by atoms with Gasteiger partial charge in [0, 0.05) is 6.04 Å². The molecule has 0 aliphatic carbocycles. The minimum atomic E-state index is -0.825. The maximum atomic E-state index is 12.1. The molecule has 2 saturated heterocycles. The smallest absolute Gasteiger partial charge is 0.323 e. The SMILES string of the molecule is COC(=O)[C@@H]1N[C@@H](c2ccc(OC)cc2)[C@@H]2C(=O)NC(=O)[C@@H]21. The van der Waals surface area contributed by atoms with E-state index in [2.05, 4.69) is 10.6 Å². The molecule has 2 fully saturated rings. The zero-order chi connectivity index (χ0) is 15.9. The van der Waals surface area contributed by atoms with Crippen LogP contribution in [0.5, 0.6) is 5.75 Å². The predicted molar refractivity (Wildman–Crippen MR) is 74.8 cm³/mol. The van der Waals surface area contributed by atoms with Gasteiger partial charge in [0.1, 0.15) is 11.8 Å². The highest BCUT2D eigenvalue weighted by molar-refractivity contribution is 6.08. The monoisotopic (exact) mass is 304 g/mol. The van der Waals surface area contributed by atoms with Gasteiger partial charge >= 0.3 is 5.97 Å². The number of esters is 1. The van der Waals surface area contributed by atoms with Gasteiger partial charge < -0.3 is 9.47 Å². The second kappa shape index (κ2) is 5.42. The maximum absolute atomic E-state index is 12.1. The number of rotatable bonds is 3. The first kappa shape index (κ1) is 14.5. The minimum absolute atomic E-state index is 0.366. The van der Waals surface area contributed by atoms with E-state index in [0.29, 0.717) is 5.75 Å². The molecule has 0 saturated carbocycles. The van der Waals surface area contributed by atoms with E-state index >= 15 is 0 Å². The van der Waals surface area contributed by atoms with Crippen molar-refractivity contribution in [3.05, 3.63) is 29.8 Å². The molecule has 2 amide bonds. The molecule has 2 heterocycles. The molecule has 22 heavy (non-hydrogen) atoms. The lowest BCUT2D eigenvalue weighted by atomic mass is 9.86. The van der Waals surface area contributed by atoms with Gasteiger partial charge in [-0.1, -0.05) is 12.1 Å². The number of imide groups is 1. The van der Waals surface area contributed by atoms with Crippen LogP contribution in [-0.4, -0.2) is 38.0 Å². The molecular formula is C15H16N2O5. The summed E-state index contributed by atoms with van der Waals surface area (Å²) in [6.45, 7) is 0. The summed E-state index contributed by atoms with van der Waals surface area (Å²) in [5.74, 6) is -2.02. The van der Waals surface area contributed by atoms with Crippen LogP contribution < -0.4 is 15.4 Å². The van der Waals surface area contributed by atoms with Gasteiger partial charge in [0.2, 0.25) is 11.8 Å². The van der Waals surface area contributed by atoms with E-state index in [1.54, 1.807) is 19.2 Å². The van der Waals surface area contributed by atoms with Crippen LogP contribution in [-0.2, 0) is 19.1 Å². The van der Waals surface area contributed by atoms with Crippen LogP contribution in [0.25, 0.3) is 0 Å². The van der Waals surface area contributed by atoms with Gasteiger partial charge in [-0.15, -0.1) is 0 Å². The molecule has 0 bridgehead atoms. The van der Waals surface area contributed by atoms with E-state index < -0.39 is 35.8 Å². The molecule has 0 radical (unpaired) electrons. The third-order valence-corrected chi connectivity index (χ3v) is 4.25. The van der Waals surface area contributed by atoms with Gasteiger partial charge in [0.15, 0.2) is 0 Å². The van der Waals surface area contributed by atoms with Gasteiger partial charge in [-0.2, -0.15) is 0 Å². The zero-order valence-electron chi connectivity index (χ0n) is 12.2. The quantitative estimate of drug-likeness (QED) is 0.592. The third kappa shape index (κ3) is 2.14. The van der Waals surface area contributed by atoms with Crippen LogP contribution in [0, 0.1) is 11.8 Å². The molecule has 0 aromatic heterocycles. The summed E-state index contributed by atoms with van der Waals surface area (Å²) in [6.07, 6.45) is 0. The summed E-state index contributed by atoms with van der Waals surface area (Å²) < 4.78 is 9.84. The van der Waals surface area contributed by atoms with Gasteiger partial charge in [-0.05, 0) is 17.7 Å². The Morgan fingerprint density at radius 3 is 2.27 bits per heavy atom. The normalized spacial score (nSPS) is 29.9. The molecule has 2 N–H and O–H groups in total. The largest absolute Gasteiger partial charge is 0.497 e. The molecule has 1 aromatic carbocycles. The van der Waals surface area contributed by atoms with Crippen molar-refractivity contribution in [2.45, 2.75) is 12.1 Å². The van der Waals surface area contributed by atoms with E-state index in [0.717, 1.165) is 5.56 Å². The van der Waals surface area contributed by atoms with Crippen LogP contribution in [0.1, 0.15) is 11.6 Å². The fourth-order valence-electron chi connectivity index (χ4n) is 3.19. The van der Waals surface area contributed by atoms with Crippen molar-refractivity contribution in [2.75, 3.05) is 14.2 Å². The maximum Gasteiger partial charge on any atom is 0.323 e. The first-order valence-electron chi connectivity index (χ1n) is 6.89. The van der Waals surface area contributed by atoms with Crippen LogP contribution in [0.3, 0.4) is 0 Å². The van der Waals surface area contributed by atoms with Crippen molar-refractivity contribution in [3.63, 3.8) is 0 Å². The third-order valence-electron chi connectivity index (χ3n) is 4.25. The molecule has 0 spiro atoms. The lowest BCUT2D eigenvalue weighted by Crippen LogP contribution is -2.42. The highest BCUT2D eigenvalue weighted by atomic mass is 16.5. The summed E-state index contributed by atoms with van der Waals surface area (Å²) in [5, 5.41) is 5.36. The Bertz CT molecular complexity index is 627. The predicted octanol–water partition coefficient (Wildman–Crippen LogP) is -0.230. The number of fused-ring (bicyclic) bond motifs is 1. The average Bonchev–Trinajstić information content (AvgIpc) is 3.06. The van der Waals surface area contributed by atoms with E-state index in [4.69, 9.17) is 9.47 Å². The van der Waals surface area contributed by atoms with Crippen LogP contribution >= 0.6 is 0 Å². The summed E-state index contributed by atoms with van der Waals surface area (Å²) in [5.41, 5.74) is 0.812. The zero-order valence-corrected chi connectivity index (χ0v) is 12.2. The standard InChI is InChI=1S/C15H16N2O5/c1-21-8-5-3-7(4-6-8)11-9-10(14(19)17-13(9)18)12(16-11)15(20)22-2/h3-6,9-12,16H,1-2H3,(H,17,18,19)/t9-,10+,11+,12-/m1/s1. The minimum Gasteiger partial charge on any atom is -0.497 e. The van der Waals surface area contributed by atoms with E-state index in [9.17, 15) is 14.4 Å². The van der Waals surface area contributed by atoms with Crippen molar-refractivity contribution in [3.8, 4) is 5.75 Å². The molecule has 3 rings (SSSR count). The first-order valence-corrected chi connectivity index (χ1v) is 6.89. The molecule has 2 aliphatic rings. The number of carbonyl (C=O) groups is 3. The highest BCUT2D eigenvalue weighted by Gasteiger charge is 2.58. The van der Waals surface area contributed by atoms with Crippen LogP contribution in [0.15, 0.2) is 24.3 Å². The van der Waals surface area contributed by atoms with E-state index in [1.165, 1.54) is 7.11 Å². The molecule has 7 nitrogen and oxygen atoms in total. The Hall–Kier alpha value is -2.41. The van der Waals surface area contributed by atoms with Gasteiger partial charge in [0.25, 0.3) is 0 Å².